The summed E-state index contributed by atoms with van der Waals surface area (Å²) in [7, 11) is 1.55. The van der Waals surface area contributed by atoms with Crippen LogP contribution in [-0.4, -0.2) is 25.7 Å². The third-order valence-corrected chi connectivity index (χ3v) is 2.20. The summed E-state index contributed by atoms with van der Waals surface area (Å²) in [5, 5.41) is 2.71. The van der Waals surface area contributed by atoms with Gasteiger partial charge in [0.1, 0.15) is 0 Å². The fraction of sp³-hybridized carbons (Fsp3) is 0.357. The molecule has 1 rings (SSSR count). The van der Waals surface area contributed by atoms with Gasteiger partial charge in [-0.1, -0.05) is 6.08 Å². The molecule has 0 radical (unpaired) electrons. The molecule has 0 bridgehead atoms. The number of methoxy groups -OCH3 is 1. The molecule has 1 aromatic carbocycles. The lowest BCUT2D eigenvalue weighted by Gasteiger charge is -2.14. The van der Waals surface area contributed by atoms with E-state index in [1.807, 2.05) is 13.8 Å². The predicted octanol–water partition coefficient (Wildman–Crippen LogP) is 2.40. The van der Waals surface area contributed by atoms with Crippen molar-refractivity contribution in [3.63, 3.8) is 0 Å². The zero-order valence-corrected chi connectivity index (χ0v) is 11.0. The van der Waals surface area contributed by atoms with Gasteiger partial charge >= 0.3 is 0 Å². The number of ether oxygens (including phenoxy) is 2. The zero-order chi connectivity index (χ0) is 13.5. The van der Waals surface area contributed by atoms with Crippen molar-refractivity contribution in [3.05, 3.63) is 36.4 Å². The van der Waals surface area contributed by atoms with Crippen molar-refractivity contribution in [2.75, 3.05) is 13.7 Å². The number of nitrogens with one attached hydrogen (secondary N) is 1. The van der Waals surface area contributed by atoms with E-state index >= 15 is 0 Å². The molecular formula is C14H19NO3. The average molecular weight is 249 g/mol. The summed E-state index contributed by atoms with van der Waals surface area (Å²) in [5.41, 5.74) is 0.532. The Morgan fingerprint density at radius 2 is 2.17 bits per heavy atom. The number of rotatable bonds is 6. The summed E-state index contributed by atoms with van der Waals surface area (Å²) in [5.74, 6) is 1.02. The molecule has 4 heteroatoms. The molecule has 0 heterocycles. The van der Waals surface area contributed by atoms with Crippen molar-refractivity contribution in [3.8, 4) is 11.5 Å². The number of benzene rings is 1. The van der Waals surface area contributed by atoms with Gasteiger partial charge in [0.05, 0.1) is 13.2 Å². The third kappa shape index (κ3) is 3.80. The van der Waals surface area contributed by atoms with E-state index in [1.54, 1.807) is 31.4 Å². The first-order valence-electron chi connectivity index (χ1n) is 5.82. The van der Waals surface area contributed by atoms with Crippen LogP contribution in [0.5, 0.6) is 11.5 Å². The van der Waals surface area contributed by atoms with Crippen molar-refractivity contribution < 1.29 is 14.3 Å². The molecule has 1 aromatic rings. The minimum Gasteiger partial charge on any atom is -0.493 e. The molecule has 18 heavy (non-hydrogen) atoms. The monoisotopic (exact) mass is 249 g/mol. The van der Waals surface area contributed by atoms with Gasteiger partial charge in [0.2, 0.25) is 0 Å². The highest BCUT2D eigenvalue weighted by Crippen LogP contribution is 2.28. The van der Waals surface area contributed by atoms with Crippen molar-refractivity contribution >= 4 is 5.91 Å². The van der Waals surface area contributed by atoms with Crippen molar-refractivity contribution in [1.82, 2.24) is 5.32 Å². The Kier molecular flexibility index (Phi) is 5.24. The Labute approximate surface area is 108 Å². The summed E-state index contributed by atoms with van der Waals surface area (Å²) in [4.78, 5) is 11.7. The van der Waals surface area contributed by atoms with E-state index < -0.39 is 0 Å². The van der Waals surface area contributed by atoms with Crippen LogP contribution in [0.4, 0.5) is 0 Å². The Bertz CT molecular complexity index is 427. The van der Waals surface area contributed by atoms with Gasteiger partial charge < -0.3 is 14.8 Å². The summed E-state index contributed by atoms with van der Waals surface area (Å²) >= 11 is 0. The van der Waals surface area contributed by atoms with Gasteiger partial charge in [-0.2, -0.15) is 0 Å². The number of carbonyl (C=O) groups is 1. The Morgan fingerprint density at radius 3 is 2.72 bits per heavy atom. The first kappa shape index (κ1) is 14.1. The van der Waals surface area contributed by atoms with E-state index in [2.05, 4.69) is 11.9 Å². The van der Waals surface area contributed by atoms with Gasteiger partial charge in [0, 0.05) is 12.1 Å². The molecule has 0 saturated carbocycles. The van der Waals surface area contributed by atoms with Gasteiger partial charge in [-0.05, 0) is 32.0 Å². The molecule has 0 aromatic heterocycles. The summed E-state index contributed by atoms with van der Waals surface area (Å²) in [6, 6.07) is 5.11. The van der Waals surface area contributed by atoms with Gasteiger partial charge in [0.25, 0.3) is 5.91 Å². The van der Waals surface area contributed by atoms with Gasteiger partial charge in [0.15, 0.2) is 11.5 Å². The molecule has 0 spiro atoms. The molecule has 0 fully saturated rings. The lowest BCUT2D eigenvalue weighted by molar-refractivity contribution is 0.0957. The molecule has 0 aliphatic heterocycles. The van der Waals surface area contributed by atoms with Crippen molar-refractivity contribution in [2.45, 2.75) is 20.0 Å². The van der Waals surface area contributed by atoms with E-state index in [1.165, 1.54) is 0 Å². The van der Waals surface area contributed by atoms with E-state index in [0.29, 0.717) is 23.6 Å². The molecule has 4 nitrogen and oxygen atoms in total. The summed E-state index contributed by atoms with van der Waals surface area (Å²) in [6.07, 6.45) is 1.69. The maximum Gasteiger partial charge on any atom is 0.251 e. The Morgan fingerprint density at radius 1 is 1.44 bits per heavy atom. The highest BCUT2D eigenvalue weighted by Gasteiger charge is 2.11. The third-order valence-electron chi connectivity index (χ3n) is 2.20. The standard InChI is InChI=1S/C14H19NO3/c1-5-8-15-14(16)11-6-7-12(18-10(2)3)13(9-11)17-4/h5-7,9-10H,1,8H2,2-4H3,(H,15,16). The highest BCUT2D eigenvalue weighted by atomic mass is 16.5. The van der Waals surface area contributed by atoms with Crippen LogP contribution < -0.4 is 14.8 Å². The van der Waals surface area contributed by atoms with Crippen LogP contribution in [0.3, 0.4) is 0 Å². The van der Waals surface area contributed by atoms with E-state index in [0.717, 1.165) is 0 Å². The molecular weight excluding hydrogens is 230 g/mol. The Balaban J connectivity index is 2.90. The minimum absolute atomic E-state index is 0.0549. The van der Waals surface area contributed by atoms with Gasteiger partial charge in [-0.3, -0.25) is 4.79 Å². The maximum absolute atomic E-state index is 11.7. The SMILES string of the molecule is C=CCNC(=O)c1ccc(OC(C)C)c(OC)c1. The van der Waals surface area contributed by atoms with E-state index in [4.69, 9.17) is 9.47 Å². The number of amides is 1. The average Bonchev–Trinajstić information content (AvgIpc) is 2.35. The van der Waals surface area contributed by atoms with E-state index in [9.17, 15) is 4.79 Å². The smallest absolute Gasteiger partial charge is 0.251 e. The topological polar surface area (TPSA) is 47.6 Å². The highest BCUT2D eigenvalue weighted by molar-refractivity contribution is 5.94. The molecule has 0 unspecified atom stereocenters. The van der Waals surface area contributed by atoms with E-state index in [-0.39, 0.29) is 12.0 Å². The molecule has 1 amide bonds. The number of hydrogen-bond donors (Lipinski definition) is 1. The molecule has 98 valence electrons. The second-order valence-electron chi connectivity index (χ2n) is 4.03. The molecule has 1 N–H and O–H groups in total. The van der Waals surface area contributed by atoms with Gasteiger partial charge in [-0.25, -0.2) is 0 Å². The van der Waals surface area contributed by atoms with Crippen LogP contribution in [0.25, 0.3) is 0 Å². The van der Waals surface area contributed by atoms with Crippen LogP contribution in [-0.2, 0) is 0 Å². The quantitative estimate of drug-likeness (QED) is 0.787. The second kappa shape index (κ2) is 6.69. The molecule has 0 aliphatic carbocycles. The molecule has 0 saturated heterocycles. The molecule has 0 atom stereocenters. The predicted molar refractivity (Wildman–Crippen MR) is 71.3 cm³/mol. The van der Waals surface area contributed by atoms with Crippen molar-refractivity contribution in [2.24, 2.45) is 0 Å². The molecule has 0 aliphatic rings. The van der Waals surface area contributed by atoms with Crippen LogP contribution >= 0.6 is 0 Å². The first-order valence-corrected chi connectivity index (χ1v) is 5.82. The fourth-order valence-corrected chi connectivity index (χ4v) is 1.43. The minimum atomic E-state index is -0.163. The number of carbonyl (C=O) groups excluding carboxylic acids is 1. The lowest BCUT2D eigenvalue weighted by Crippen LogP contribution is -2.23. The first-order chi connectivity index (χ1) is 8.58. The zero-order valence-electron chi connectivity index (χ0n) is 11.0. The largest absolute Gasteiger partial charge is 0.493 e. The second-order valence-corrected chi connectivity index (χ2v) is 4.03. The number of hydrogen-bond acceptors (Lipinski definition) is 3. The summed E-state index contributed by atoms with van der Waals surface area (Å²) < 4.78 is 10.8. The van der Waals surface area contributed by atoms with Gasteiger partial charge in [-0.15, -0.1) is 6.58 Å². The van der Waals surface area contributed by atoms with Crippen molar-refractivity contribution in [1.29, 1.82) is 0 Å². The Hall–Kier alpha value is -1.97. The maximum atomic E-state index is 11.7. The fourth-order valence-electron chi connectivity index (χ4n) is 1.43. The lowest BCUT2D eigenvalue weighted by atomic mass is 10.2. The summed E-state index contributed by atoms with van der Waals surface area (Å²) in [6.45, 7) is 7.85. The van der Waals surface area contributed by atoms with Crippen LogP contribution in [0, 0.1) is 0 Å². The van der Waals surface area contributed by atoms with Crippen LogP contribution in [0.2, 0.25) is 0 Å². The normalized spacial score (nSPS) is 10.0. The van der Waals surface area contributed by atoms with Crippen LogP contribution in [0.15, 0.2) is 30.9 Å². The van der Waals surface area contributed by atoms with Crippen LogP contribution in [0.1, 0.15) is 24.2 Å².